The number of hydrogen-bond donors (Lipinski definition) is 1. The second kappa shape index (κ2) is 7.94. The predicted molar refractivity (Wildman–Crippen MR) is 92.1 cm³/mol. The third-order valence-corrected chi connectivity index (χ3v) is 3.86. The van der Waals surface area contributed by atoms with Crippen molar-refractivity contribution in [1.82, 2.24) is 9.99 Å². The minimum absolute atomic E-state index is 0.0957. The van der Waals surface area contributed by atoms with Crippen molar-refractivity contribution in [3.63, 3.8) is 0 Å². The number of carbonyl (C=O) groups is 1. The fraction of sp³-hybridized carbons (Fsp3) is 0.188. The maximum atomic E-state index is 11.9. The summed E-state index contributed by atoms with van der Waals surface area (Å²) in [5.41, 5.74) is 3.65. The van der Waals surface area contributed by atoms with E-state index in [0.29, 0.717) is 22.2 Å². The molecule has 0 radical (unpaired) electrons. The van der Waals surface area contributed by atoms with E-state index < -0.39 is 0 Å². The fourth-order valence-electron chi connectivity index (χ4n) is 1.93. The average Bonchev–Trinajstić information content (AvgIpc) is 2.53. The van der Waals surface area contributed by atoms with E-state index in [4.69, 9.17) is 23.2 Å². The number of halogens is 2. The van der Waals surface area contributed by atoms with Crippen molar-refractivity contribution >= 4 is 34.8 Å². The second-order valence-electron chi connectivity index (χ2n) is 4.74. The van der Waals surface area contributed by atoms with Crippen molar-refractivity contribution in [2.45, 2.75) is 19.9 Å². The van der Waals surface area contributed by atoms with Crippen LogP contribution in [0.4, 0.5) is 0 Å². The molecule has 23 heavy (non-hydrogen) atoms. The number of pyridine rings is 1. The third-order valence-electron chi connectivity index (χ3n) is 3.12. The fourth-order valence-corrected chi connectivity index (χ4v) is 2.23. The Morgan fingerprint density at radius 3 is 2.65 bits per heavy atom. The topological polar surface area (TPSA) is 63.5 Å². The van der Waals surface area contributed by atoms with Gasteiger partial charge in [-0.15, -0.1) is 0 Å². The zero-order valence-corrected chi connectivity index (χ0v) is 13.9. The van der Waals surface area contributed by atoms with Crippen molar-refractivity contribution in [3.05, 3.63) is 68.6 Å². The number of amides is 1. The van der Waals surface area contributed by atoms with E-state index in [1.165, 1.54) is 10.6 Å². The van der Waals surface area contributed by atoms with E-state index in [1.807, 2.05) is 6.92 Å². The van der Waals surface area contributed by atoms with Crippen LogP contribution in [0.5, 0.6) is 0 Å². The summed E-state index contributed by atoms with van der Waals surface area (Å²) in [4.78, 5) is 23.5. The smallest absolute Gasteiger partial charge is 0.260 e. The maximum absolute atomic E-state index is 11.9. The van der Waals surface area contributed by atoms with E-state index >= 15 is 0 Å². The Balaban J connectivity index is 2.10. The lowest BCUT2D eigenvalue weighted by atomic mass is 10.1. The first-order valence-electron chi connectivity index (χ1n) is 6.97. The molecular formula is C16H15Cl2N3O2. The van der Waals surface area contributed by atoms with E-state index in [2.05, 4.69) is 10.5 Å². The van der Waals surface area contributed by atoms with Gasteiger partial charge in [0.15, 0.2) is 0 Å². The minimum atomic E-state index is -0.385. The molecule has 0 aliphatic carbocycles. The Bertz CT molecular complexity index is 800. The van der Waals surface area contributed by atoms with E-state index in [9.17, 15) is 9.59 Å². The Kier molecular flexibility index (Phi) is 5.96. The molecule has 0 spiro atoms. The molecule has 0 saturated carbocycles. The summed E-state index contributed by atoms with van der Waals surface area (Å²) in [7, 11) is 0. The van der Waals surface area contributed by atoms with Crippen LogP contribution in [0.1, 0.15) is 18.9 Å². The molecule has 0 unspecified atom stereocenters. The molecular weight excluding hydrogens is 337 g/mol. The van der Waals surface area contributed by atoms with Gasteiger partial charge in [-0.1, -0.05) is 42.3 Å². The third kappa shape index (κ3) is 4.68. The number of benzene rings is 1. The van der Waals surface area contributed by atoms with Crippen molar-refractivity contribution in [1.29, 1.82) is 0 Å². The summed E-state index contributed by atoms with van der Waals surface area (Å²) in [5, 5.41) is 4.99. The number of nitrogens with one attached hydrogen (secondary N) is 1. The largest absolute Gasteiger partial charge is 0.306 e. The normalized spacial score (nSPS) is 11.3. The van der Waals surface area contributed by atoms with Crippen LogP contribution in [0.2, 0.25) is 10.0 Å². The molecule has 1 amide bonds. The Morgan fingerprint density at radius 1 is 1.22 bits per heavy atom. The van der Waals surface area contributed by atoms with Crippen molar-refractivity contribution < 1.29 is 4.79 Å². The molecule has 2 aromatic rings. The number of carbonyl (C=O) groups excluding carboxylic acids is 1. The number of hydrogen-bond acceptors (Lipinski definition) is 3. The van der Waals surface area contributed by atoms with Gasteiger partial charge in [0.25, 0.3) is 11.5 Å². The monoisotopic (exact) mass is 351 g/mol. The summed E-state index contributed by atoms with van der Waals surface area (Å²) in [6.45, 7) is 1.82. The average molecular weight is 352 g/mol. The standard InChI is InChI=1S/C16H15Cl2N3O2/c1-2-14(11-6-7-12(17)13(18)9-11)19-20-15(22)10-21-8-4-3-5-16(21)23/h3-9H,2,10H2,1H3,(H,20,22)/b19-14-. The lowest BCUT2D eigenvalue weighted by molar-refractivity contribution is -0.121. The van der Waals surface area contributed by atoms with Gasteiger partial charge in [-0.05, 0) is 30.2 Å². The first-order chi connectivity index (χ1) is 11.0. The zero-order valence-electron chi connectivity index (χ0n) is 12.4. The number of nitrogens with zero attached hydrogens (tertiary/aromatic N) is 2. The predicted octanol–water partition coefficient (Wildman–Crippen LogP) is 3.09. The lowest BCUT2D eigenvalue weighted by Crippen LogP contribution is -2.29. The first kappa shape index (κ1) is 17.2. The van der Waals surface area contributed by atoms with Crippen LogP contribution in [0.15, 0.2) is 52.5 Å². The molecule has 1 aromatic carbocycles. The summed E-state index contributed by atoms with van der Waals surface area (Å²) in [6, 6.07) is 9.85. The van der Waals surface area contributed by atoms with Gasteiger partial charge in [-0.3, -0.25) is 9.59 Å². The highest BCUT2D eigenvalue weighted by Gasteiger charge is 2.07. The molecule has 0 aliphatic heterocycles. The van der Waals surface area contributed by atoms with Crippen molar-refractivity contribution in [2.24, 2.45) is 5.10 Å². The van der Waals surface area contributed by atoms with Gasteiger partial charge in [0.05, 0.1) is 15.8 Å². The van der Waals surface area contributed by atoms with E-state index in [0.717, 1.165) is 5.56 Å². The highest BCUT2D eigenvalue weighted by atomic mass is 35.5. The second-order valence-corrected chi connectivity index (χ2v) is 5.56. The summed E-state index contributed by atoms with van der Waals surface area (Å²) < 4.78 is 1.30. The lowest BCUT2D eigenvalue weighted by Gasteiger charge is -2.07. The molecule has 5 nitrogen and oxygen atoms in total. The zero-order chi connectivity index (χ0) is 16.8. The molecule has 1 aromatic heterocycles. The van der Waals surface area contributed by atoms with Crippen LogP contribution in [0, 0.1) is 0 Å². The molecule has 1 heterocycles. The van der Waals surface area contributed by atoms with Gasteiger partial charge in [-0.25, -0.2) is 5.43 Å². The maximum Gasteiger partial charge on any atom is 0.260 e. The van der Waals surface area contributed by atoms with E-state index in [-0.39, 0.29) is 18.0 Å². The number of hydrazone groups is 1. The van der Waals surface area contributed by atoms with Crippen LogP contribution in [0.3, 0.4) is 0 Å². The number of rotatable bonds is 5. The molecule has 7 heteroatoms. The van der Waals surface area contributed by atoms with E-state index in [1.54, 1.807) is 36.5 Å². The van der Waals surface area contributed by atoms with Gasteiger partial charge >= 0.3 is 0 Å². The number of aromatic nitrogens is 1. The van der Waals surface area contributed by atoms with Gasteiger partial charge in [0, 0.05) is 12.3 Å². The van der Waals surface area contributed by atoms with Crippen LogP contribution in [0.25, 0.3) is 0 Å². The summed E-state index contributed by atoms with van der Waals surface area (Å²) >= 11 is 11.9. The Hall–Kier alpha value is -2.11. The summed E-state index contributed by atoms with van der Waals surface area (Å²) in [6.07, 6.45) is 2.15. The first-order valence-corrected chi connectivity index (χ1v) is 7.73. The van der Waals surface area contributed by atoms with Gasteiger partial charge in [-0.2, -0.15) is 5.10 Å². The van der Waals surface area contributed by atoms with Gasteiger partial charge in [0.1, 0.15) is 6.54 Å². The summed E-state index contributed by atoms with van der Waals surface area (Å²) in [5.74, 6) is -0.385. The molecule has 120 valence electrons. The van der Waals surface area contributed by atoms with Crippen LogP contribution >= 0.6 is 23.2 Å². The van der Waals surface area contributed by atoms with Crippen molar-refractivity contribution in [3.8, 4) is 0 Å². The minimum Gasteiger partial charge on any atom is -0.306 e. The SMILES string of the molecule is CC/C(=N/NC(=O)Cn1ccccc1=O)c1ccc(Cl)c(Cl)c1. The molecule has 0 saturated heterocycles. The van der Waals surface area contributed by atoms with Crippen molar-refractivity contribution in [2.75, 3.05) is 0 Å². The molecule has 0 atom stereocenters. The Labute approximate surface area is 143 Å². The van der Waals surface area contributed by atoms with Gasteiger partial charge in [0.2, 0.25) is 0 Å². The van der Waals surface area contributed by atoms with Crippen LogP contribution in [-0.2, 0) is 11.3 Å². The Morgan fingerprint density at radius 2 is 2.00 bits per heavy atom. The van der Waals surface area contributed by atoms with Crippen LogP contribution in [-0.4, -0.2) is 16.2 Å². The van der Waals surface area contributed by atoms with Crippen LogP contribution < -0.4 is 11.0 Å². The molecule has 0 bridgehead atoms. The highest BCUT2D eigenvalue weighted by molar-refractivity contribution is 6.42. The molecule has 0 aliphatic rings. The molecule has 2 rings (SSSR count). The highest BCUT2D eigenvalue weighted by Crippen LogP contribution is 2.23. The molecule has 1 N–H and O–H groups in total. The quantitative estimate of drug-likeness (QED) is 0.664. The van der Waals surface area contributed by atoms with Gasteiger partial charge < -0.3 is 4.57 Å². The molecule has 0 fully saturated rings.